The fourth-order valence-electron chi connectivity index (χ4n) is 2.60. The van der Waals surface area contributed by atoms with Gasteiger partial charge < -0.3 is 15.0 Å². The number of thioether (sulfide) groups is 2. The maximum absolute atomic E-state index is 12.1. The Bertz CT molecular complexity index is 929. The summed E-state index contributed by atoms with van der Waals surface area (Å²) in [6, 6.07) is 6.10. The summed E-state index contributed by atoms with van der Waals surface area (Å²) in [5, 5.41) is 13.1. The minimum Gasteiger partial charge on any atom is -0.463 e. The lowest BCUT2D eigenvalue weighted by Crippen LogP contribution is -2.27. The molecule has 1 amide bonds. The molecule has 2 aromatic rings. The van der Waals surface area contributed by atoms with Gasteiger partial charge >= 0.3 is 5.97 Å². The lowest BCUT2D eigenvalue weighted by atomic mass is 10.1. The SMILES string of the molecule is CCOC(=O)C=C1SCC(=O)N1CCSc1nnc(Nc2cccc(C)c2C)s1. The molecular formula is C19H22N4O3S3. The number of esters is 1. The third kappa shape index (κ3) is 5.74. The summed E-state index contributed by atoms with van der Waals surface area (Å²) in [4.78, 5) is 25.4. The van der Waals surface area contributed by atoms with Crippen LogP contribution in [-0.2, 0) is 14.3 Å². The zero-order valence-electron chi connectivity index (χ0n) is 16.4. The van der Waals surface area contributed by atoms with Crippen LogP contribution in [-0.4, -0.2) is 51.6 Å². The summed E-state index contributed by atoms with van der Waals surface area (Å²) in [7, 11) is 0. The molecule has 29 heavy (non-hydrogen) atoms. The van der Waals surface area contributed by atoms with Crippen LogP contribution in [0.5, 0.6) is 0 Å². The van der Waals surface area contributed by atoms with Crippen molar-refractivity contribution in [2.45, 2.75) is 25.1 Å². The highest BCUT2D eigenvalue weighted by molar-refractivity contribution is 8.04. The van der Waals surface area contributed by atoms with E-state index in [9.17, 15) is 9.59 Å². The van der Waals surface area contributed by atoms with E-state index in [1.807, 2.05) is 12.1 Å². The van der Waals surface area contributed by atoms with Crippen molar-refractivity contribution >= 4 is 57.6 Å². The first-order valence-corrected chi connectivity index (χ1v) is 11.9. The van der Waals surface area contributed by atoms with Crippen LogP contribution >= 0.6 is 34.9 Å². The highest BCUT2D eigenvalue weighted by atomic mass is 32.2. The van der Waals surface area contributed by atoms with E-state index in [0.29, 0.717) is 29.7 Å². The van der Waals surface area contributed by atoms with E-state index in [1.54, 1.807) is 11.8 Å². The standard InChI is InChI=1S/C19H22N4O3S3/c1-4-26-17(25)10-16-23(15(24)11-28-16)8-9-27-19-22-21-18(29-19)20-14-7-5-6-12(2)13(14)3/h5-7,10H,4,8-9,11H2,1-3H3,(H,20,21). The number of hydrogen-bond donors (Lipinski definition) is 1. The predicted octanol–water partition coefficient (Wildman–Crippen LogP) is 3.97. The Morgan fingerprint density at radius 3 is 3.00 bits per heavy atom. The maximum Gasteiger partial charge on any atom is 0.333 e. The van der Waals surface area contributed by atoms with Crippen LogP contribution in [0.3, 0.4) is 0 Å². The Morgan fingerprint density at radius 1 is 1.38 bits per heavy atom. The van der Waals surface area contributed by atoms with Crippen LogP contribution in [0, 0.1) is 13.8 Å². The zero-order valence-corrected chi connectivity index (χ0v) is 18.9. The minimum atomic E-state index is -0.423. The van der Waals surface area contributed by atoms with Crippen molar-refractivity contribution in [2.24, 2.45) is 0 Å². The lowest BCUT2D eigenvalue weighted by molar-refractivity contribution is -0.137. The van der Waals surface area contributed by atoms with Gasteiger partial charge in [0.25, 0.3) is 0 Å². The Morgan fingerprint density at radius 2 is 2.21 bits per heavy atom. The van der Waals surface area contributed by atoms with E-state index in [-0.39, 0.29) is 5.91 Å². The third-order valence-electron chi connectivity index (χ3n) is 4.23. The average molecular weight is 451 g/mol. The van der Waals surface area contributed by atoms with Gasteiger partial charge in [-0.2, -0.15) is 0 Å². The number of aromatic nitrogens is 2. The van der Waals surface area contributed by atoms with Crippen LogP contribution in [0.4, 0.5) is 10.8 Å². The zero-order chi connectivity index (χ0) is 20.8. The number of amides is 1. The van der Waals surface area contributed by atoms with Crippen molar-refractivity contribution in [1.29, 1.82) is 0 Å². The molecule has 3 rings (SSSR count). The molecule has 1 N–H and O–H groups in total. The number of ether oxygens (including phenoxy) is 1. The van der Waals surface area contributed by atoms with Gasteiger partial charge in [0.2, 0.25) is 11.0 Å². The molecule has 10 heteroatoms. The number of hydrogen-bond acceptors (Lipinski definition) is 9. The van der Waals surface area contributed by atoms with Gasteiger partial charge in [-0.05, 0) is 38.0 Å². The molecule has 0 aliphatic carbocycles. The first kappa shape index (κ1) is 21.7. The monoisotopic (exact) mass is 450 g/mol. The van der Waals surface area contributed by atoms with Crippen molar-refractivity contribution in [1.82, 2.24) is 15.1 Å². The summed E-state index contributed by atoms with van der Waals surface area (Å²) in [6.45, 7) is 6.71. The molecular weight excluding hydrogens is 428 g/mol. The fourth-order valence-corrected chi connectivity index (χ4v) is 5.31. The molecule has 154 valence electrons. The van der Waals surface area contributed by atoms with Crippen molar-refractivity contribution in [2.75, 3.05) is 30.0 Å². The van der Waals surface area contributed by atoms with Gasteiger partial charge in [-0.25, -0.2) is 4.79 Å². The third-order valence-corrected chi connectivity index (χ3v) is 7.21. The molecule has 1 saturated heterocycles. The van der Waals surface area contributed by atoms with E-state index < -0.39 is 5.97 Å². The van der Waals surface area contributed by atoms with Gasteiger partial charge in [-0.15, -0.1) is 10.2 Å². The van der Waals surface area contributed by atoms with E-state index >= 15 is 0 Å². The number of nitrogens with zero attached hydrogens (tertiary/aromatic N) is 3. The molecule has 0 radical (unpaired) electrons. The predicted molar refractivity (Wildman–Crippen MR) is 119 cm³/mol. The highest BCUT2D eigenvalue weighted by Gasteiger charge is 2.27. The molecule has 2 heterocycles. The van der Waals surface area contributed by atoms with Gasteiger partial charge in [0, 0.05) is 18.0 Å². The fraction of sp³-hybridized carbons (Fsp3) is 0.368. The minimum absolute atomic E-state index is 0.000639. The Balaban J connectivity index is 1.55. The number of carbonyl (C=O) groups is 2. The van der Waals surface area contributed by atoms with Crippen LogP contribution < -0.4 is 5.32 Å². The van der Waals surface area contributed by atoms with Crippen molar-refractivity contribution in [3.63, 3.8) is 0 Å². The van der Waals surface area contributed by atoms with Gasteiger partial charge in [-0.3, -0.25) is 4.79 Å². The quantitative estimate of drug-likeness (QED) is 0.367. The molecule has 0 atom stereocenters. The van der Waals surface area contributed by atoms with Crippen LogP contribution in [0.2, 0.25) is 0 Å². The van der Waals surface area contributed by atoms with E-state index in [0.717, 1.165) is 15.2 Å². The maximum atomic E-state index is 12.1. The molecule has 0 spiro atoms. The number of nitrogens with one attached hydrogen (secondary N) is 1. The largest absolute Gasteiger partial charge is 0.463 e. The molecule has 0 unspecified atom stereocenters. The highest BCUT2D eigenvalue weighted by Crippen LogP contribution is 2.32. The molecule has 7 nitrogen and oxygen atoms in total. The van der Waals surface area contributed by atoms with E-state index in [2.05, 4.69) is 35.4 Å². The van der Waals surface area contributed by atoms with Gasteiger partial charge in [0.05, 0.1) is 23.5 Å². The molecule has 1 aromatic carbocycles. The van der Waals surface area contributed by atoms with Crippen LogP contribution in [0.1, 0.15) is 18.1 Å². The summed E-state index contributed by atoms with van der Waals surface area (Å²) in [5.74, 6) is 0.581. The Hall–Kier alpha value is -2.04. The Labute approximate surface area is 182 Å². The number of anilines is 2. The van der Waals surface area contributed by atoms with E-state index in [1.165, 1.54) is 52.1 Å². The molecule has 1 aromatic heterocycles. The van der Waals surface area contributed by atoms with Crippen molar-refractivity contribution in [3.05, 3.63) is 40.4 Å². The number of carbonyl (C=O) groups excluding carboxylic acids is 2. The number of rotatable bonds is 8. The first-order valence-electron chi connectivity index (χ1n) is 9.09. The first-order chi connectivity index (χ1) is 14.0. The normalized spacial score (nSPS) is 15.2. The number of benzene rings is 1. The summed E-state index contributed by atoms with van der Waals surface area (Å²) < 4.78 is 5.76. The smallest absolute Gasteiger partial charge is 0.333 e. The summed E-state index contributed by atoms with van der Waals surface area (Å²) >= 11 is 4.37. The average Bonchev–Trinajstić information content (AvgIpc) is 3.27. The summed E-state index contributed by atoms with van der Waals surface area (Å²) in [5.41, 5.74) is 3.42. The molecule has 0 bridgehead atoms. The second-order valence-electron chi connectivity index (χ2n) is 6.16. The van der Waals surface area contributed by atoms with Crippen LogP contribution in [0.25, 0.3) is 0 Å². The van der Waals surface area contributed by atoms with Gasteiger partial charge in [0.1, 0.15) is 0 Å². The Kier molecular flexibility index (Phi) is 7.57. The summed E-state index contributed by atoms with van der Waals surface area (Å²) in [6.07, 6.45) is 1.39. The molecule has 0 saturated carbocycles. The molecule has 1 aliphatic heterocycles. The second kappa shape index (κ2) is 10.1. The van der Waals surface area contributed by atoms with Gasteiger partial charge in [0.15, 0.2) is 4.34 Å². The van der Waals surface area contributed by atoms with Gasteiger partial charge in [-0.1, -0.05) is 47.0 Å². The number of aryl methyl sites for hydroxylation is 1. The topological polar surface area (TPSA) is 84.4 Å². The molecule has 1 aliphatic rings. The second-order valence-corrected chi connectivity index (χ2v) is 9.48. The van der Waals surface area contributed by atoms with E-state index in [4.69, 9.17) is 4.74 Å². The molecule has 1 fully saturated rings. The van der Waals surface area contributed by atoms with Crippen molar-refractivity contribution in [3.8, 4) is 0 Å². The van der Waals surface area contributed by atoms with Crippen molar-refractivity contribution < 1.29 is 14.3 Å². The lowest BCUT2D eigenvalue weighted by Gasteiger charge is -2.16. The van der Waals surface area contributed by atoms with Crippen LogP contribution in [0.15, 0.2) is 33.6 Å².